The lowest BCUT2D eigenvalue weighted by Crippen LogP contribution is -1.82. The van der Waals surface area contributed by atoms with E-state index in [0.717, 1.165) is 21.9 Å². The van der Waals surface area contributed by atoms with Crippen LogP contribution in [0, 0.1) is 0 Å². The molecule has 0 amide bonds. The number of hydrogen-bond acceptors (Lipinski definition) is 4. The molecule has 0 saturated carbocycles. The molecule has 96 valence electrons. The minimum Gasteiger partial charge on any atom is -0.431 e. The van der Waals surface area contributed by atoms with Crippen LogP contribution >= 0.6 is 23.4 Å². The summed E-state index contributed by atoms with van der Waals surface area (Å²) in [5, 5.41) is 1.39. The molecule has 19 heavy (non-hydrogen) atoms. The van der Waals surface area contributed by atoms with Gasteiger partial charge in [0.15, 0.2) is 5.58 Å². The van der Waals surface area contributed by atoms with Crippen LogP contribution in [0.25, 0.3) is 11.1 Å². The van der Waals surface area contributed by atoms with Crippen LogP contribution < -0.4 is 5.73 Å². The van der Waals surface area contributed by atoms with Crippen molar-refractivity contribution < 1.29 is 4.42 Å². The van der Waals surface area contributed by atoms with Crippen molar-refractivity contribution >= 4 is 40.1 Å². The Balaban J connectivity index is 1.80. The summed E-state index contributed by atoms with van der Waals surface area (Å²) in [6.07, 6.45) is 0. The first-order chi connectivity index (χ1) is 9.22. The Bertz CT molecular complexity index is 726. The average Bonchev–Trinajstić information content (AvgIpc) is 2.79. The van der Waals surface area contributed by atoms with E-state index in [1.54, 1.807) is 6.07 Å². The standard InChI is InChI=1S/C14H11ClN2OS/c15-11-4-2-1-3-9(11)8-19-14-17-12-6-5-10(16)7-13(12)18-14/h1-7H,8,16H2. The Labute approximate surface area is 119 Å². The summed E-state index contributed by atoms with van der Waals surface area (Å²) < 4.78 is 5.64. The van der Waals surface area contributed by atoms with Gasteiger partial charge < -0.3 is 10.2 Å². The summed E-state index contributed by atoms with van der Waals surface area (Å²) in [7, 11) is 0. The molecule has 0 bridgehead atoms. The van der Waals surface area contributed by atoms with Crippen molar-refractivity contribution in [3.63, 3.8) is 0 Å². The molecule has 0 atom stereocenters. The maximum Gasteiger partial charge on any atom is 0.257 e. The van der Waals surface area contributed by atoms with Gasteiger partial charge in [-0.2, -0.15) is 0 Å². The number of aromatic nitrogens is 1. The Morgan fingerprint density at radius 3 is 2.89 bits per heavy atom. The summed E-state index contributed by atoms with van der Waals surface area (Å²) >= 11 is 7.63. The van der Waals surface area contributed by atoms with Gasteiger partial charge in [-0.1, -0.05) is 41.6 Å². The van der Waals surface area contributed by atoms with Crippen molar-refractivity contribution in [2.75, 3.05) is 5.73 Å². The third-order valence-corrected chi connectivity index (χ3v) is 3.95. The fourth-order valence-corrected chi connectivity index (χ4v) is 2.86. The van der Waals surface area contributed by atoms with Crippen molar-refractivity contribution in [2.45, 2.75) is 11.0 Å². The topological polar surface area (TPSA) is 52.0 Å². The van der Waals surface area contributed by atoms with Crippen LogP contribution in [-0.2, 0) is 5.75 Å². The zero-order valence-electron chi connectivity index (χ0n) is 9.97. The van der Waals surface area contributed by atoms with Crippen LogP contribution in [0.1, 0.15) is 5.56 Å². The average molecular weight is 291 g/mol. The van der Waals surface area contributed by atoms with Crippen LogP contribution in [0.4, 0.5) is 5.69 Å². The van der Waals surface area contributed by atoms with Crippen LogP contribution in [0.15, 0.2) is 52.1 Å². The van der Waals surface area contributed by atoms with Gasteiger partial charge in [0.2, 0.25) is 0 Å². The highest BCUT2D eigenvalue weighted by Crippen LogP contribution is 2.29. The van der Waals surface area contributed by atoms with Gasteiger partial charge in [0.1, 0.15) is 5.52 Å². The second-order valence-electron chi connectivity index (χ2n) is 4.09. The number of nitrogens with two attached hydrogens (primary N) is 1. The highest BCUT2D eigenvalue weighted by atomic mass is 35.5. The predicted octanol–water partition coefficient (Wildman–Crippen LogP) is 4.36. The maximum absolute atomic E-state index is 6.11. The van der Waals surface area contributed by atoms with Gasteiger partial charge in [0.05, 0.1) is 0 Å². The Morgan fingerprint density at radius 1 is 1.21 bits per heavy atom. The highest BCUT2D eigenvalue weighted by Gasteiger charge is 2.08. The second kappa shape index (κ2) is 5.15. The van der Waals surface area contributed by atoms with Gasteiger partial charge in [-0.15, -0.1) is 0 Å². The number of halogens is 1. The van der Waals surface area contributed by atoms with E-state index in [1.807, 2.05) is 36.4 Å². The van der Waals surface area contributed by atoms with E-state index in [1.165, 1.54) is 11.8 Å². The lowest BCUT2D eigenvalue weighted by Gasteiger charge is -2.00. The second-order valence-corrected chi connectivity index (χ2v) is 5.42. The van der Waals surface area contributed by atoms with Gasteiger partial charge in [0.25, 0.3) is 5.22 Å². The molecule has 1 heterocycles. The van der Waals surface area contributed by atoms with E-state index in [0.29, 0.717) is 16.5 Å². The summed E-state index contributed by atoms with van der Waals surface area (Å²) in [5.41, 5.74) is 8.97. The Hall–Kier alpha value is -1.65. The molecule has 0 fully saturated rings. The van der Waals surface area contributed by atoms with E-state index >= 15 is 0 Å². The zero-order valence-corrected chi connectivity index (χ0v) is 11.5. The van der Waals surface area contributed by atoms with Crippen LogP contribution in [0.2, 0.25) is 5.02 Å². The lowest BCUT2D eigenvalue weighted by molar-refractivity contribution is 0.489. The van der Waals surface area contributed by atoms with Crippen LogP contribution in [-0.4, -0.2) is 4.98 Å². The van der Waals surface area contributed by atoms with Crippen molar-refractivity contribution in [3.05, 3.63) is 53.1 Å². The molecule has 0 aliphatic heterocycles. The molecular formula is C14H11ClN2OS. The first kappa shape index (κ1) is 12.4. The van der Waals surface area contributed by atoms with Crippen molar-refractivity contribution in [1.29, 1.82) is 0 Å². The monoisotopic (exact) mass is 290 g/mol. The van der Waals surface area contributed by atoms with Crippen LogP contribution in [0.5, 0.6) is 0 Å². The molecule has 0 aliphatic carbocycles. The number of thioether (sulfide) groups is 1. The van der Waals surface area contributed by atoms with E-state index in [4.69, 9.17) is 21.8 Å². The number of nitrogen functional groups attached to an aromatic ring is 1. The molecule has 5 heteroatoms. The van der Waals surface area contributed by atoms with Gasteiger partial charge >= 0.3 is 0 Å². The molecule has 3 aromatic rings. The maximum atomic E-state index is 6.11. The van der Waals surface area contributed by atoms with Gasteiger partial charge in [-0.25, -0.2) is 4.98 Å². The molecule has 2 aromatic carbocycles. The van der Waals surface area contributed by atoms with Crippen LogP contribution in [0.3, 0.4) is 0 Å². The van der Waals surface area contributed by atoms with Crippen molar-refractivity contribution in [2.24, 2.45) is 0 Å². The molecule has 0 spiro atoms. The third-order valence-electron chi connectivity index (χ3n) is 2.70. The molecule has 0 aliphatic rings. The quantitative estimate of drug-likeness (QED) is 0.575. The fourth-order valence-electron chi connectivity index (χ4n) is 1.74. The number of hydrogen-bond donors (Lipinski definition) is 1. The lowest BCUT2D eigenvalue weighted by atomic mass is 10.2. The SMILES string of the molecule is Nc1ccc2nc(SCc3ccccc3Cl)oc2c1. The molecule has 2 N–H and O–H groups in total. The van der Waals surface area contributed by atoms with E-state index in [2.05, 4.69) is 4.98 Å². The largest absolute Gasteiger partial charge is 0.431 e. The smallest absolute Gasteiger partial charge is 0.257 e. The Morgan fingerprint density at radius 2 is 2.05 bits per heavy atom. The number of benzene rings is 2. The first-order valence-electron chi connectivity index (χ1n) is 5.74. The number of fused-ring (bicyclic) bond motifs is 1. The summed E-state index contributed by atoms with van der Waals surface area (Å²) in [6, 6.07) is 13.2. The fraction of sp³-hybridized carbons (Fsp3) is 0.0714. The molecule has 0 saturated heterocycles. The zero-order chi connectivity index (χ0) is 13.2. The molecular weight excluding hydrogens is 280 g/mol. The summed E-state index contributed by atoms with van der Waals surface area (Å²) in [6.45, 7) is 0. The molecule has 0 unspecified atom stereocenters. The highest BCUT2D eigenvalue weighted by molar-refractivity contribution is 7.98. The molecule has 3 nitrogen and oxygen atoms in total. The Kier molecular flexibility index (Phi) is 3.36. The minimum atomic E-state index is 0.625. The summed E-state index contributed by atoms with van der Waals surface area (Å²) in [4.78, 5) is 4.40. The molecule has 0 radical (unpaired) electrons. The number of nitrogens with zero attached hydrogens (tertiary/aromatic N) is 1. The first-order valence-corrected chi connectivity index (χ1v) is 7.11. The number of anilines is 1. The normalized spacial score (nSPS) is 11.0. The van der Waals surface area contributed by atoms with Gasteiger partial charge in [-0.05, 0) is 23.8 Å². The van der Waals surface area contributed by atoms with Gasteiger partial charge in [-0.3, -0.25) is 0 Å². The summed E-state index contributed by atoms with van der Waals surface area (Å²) in [5.74, 6) is 0.724. The van der Waals surface area contributed by atoms with E-state index < -0.39 is 0 Å². The van der Waals surface area contributed by atoms with E-state index in [9.17, 15) is 0 Å². The van der Waals surface area contributed by atoms with Crippen molar-refractivity contribution in [3.8, 4) is 0 Å². The van der Waals surface area contributed by atoms with Crippen molar-refractivity contribution in [1.82, 2.24) is 4.98 Å². The third kappa shape index (κ3) is 2.69. The van der Waals surface area contributed by atoms with Gasteiger partial charge in [0, 0.05) is 22.5 Å². The molecule has 1 aromatic heterocycles. The minimum absolute atomic E-state index is 0.625. The number of rotatable bonds is 3. The van der Waals surface area contributed by atoms with E-state index in [-0.39, 0.29) is 0 Å². The number of oxazole rings is 1. The molecule has 3 rings (SSSR count). The predicted molar refractivity (Wildman–Crippen MR) is 79.4 cm³/mol.